The van der Waals surface area contributed by atoms with E-state index < -0.39 is 0 Å². The summed E-state index contributed by atoms with van der Waals surface area (Å²) in [5.74, 6) is 5.71. The number of hydrogen-bond acceptors (Lipinski definition) is 2. The largest absolute Gasteiger partial charge is 0.352 e. The first kappa shape index (κ1) is 11.5. The van der Waals surface area contributed by atoms with Crippen LogP contribution in [0.5, 0.6) is 0 Å². The van der Waals surface area contributed by atoms with Gasteiger partial charge < -0.3 is 4.74 Å². The van der Waals surface area contributed by atoms with Crippen LogP contribution in [0, 0.1) is 35.5 Å². The van der Waals surface area contributed by atoms with E-state index >= 15 is 0 Å². The van der Waals surface area contributed by atoms with Crippen LogP contribution in [0.3, 0.4) is 0 Å². The SMILES string of the molecule is C1CC2CC1CC21NCC2(O1)C1CC3CC(C1)CC2C3. The topological polar surface area (TPSA) is 21.3 Å². The Hall–Kier alpha value is -0.0800. The van der Waals surface area contributed by atoms with Gasteiger partial charge in [0, 0.05) is 12.5 Å². The standard InChI is InChI=1S/C18H27NO/c1-2-14-4-11(1)9-18(14)19-10-17(20-18)15-5-12-3-13(7-15)8-16(17)6-12/h11-16,19H,1-10H2. The highest BCUT2D eigenvalue weighted by Gasteiger charge is 2.66. The highest BCUT2D eigenvalue weighted by atomic mass is 16.6. The molecule has 2 spiro atoms. The smallest absolute Gasteiger partial charge is 0.123 e. The van der Waals surface area contributed by atoms with Crippen molar-refractivity contribution in [3.8, 4) is 0 Å². The molecule has 6 bridgehead atoms. The van der Waals surface area contributed by atoms with Gasteiger partial charge in [0.25, 0.3) is 0 Å². The van der Waals surface area contributed by atoms with Gasteiger partial charge in [-0.25, -0.2) is 0 Å². The van der Waals surface area contributed by atoms with E-state index in [4.69, 9.17) is 4.74 Å². The fourth-order valence-corrected chi connectivity index (χ4v) is 7.76. The van der Waals surface area contributed by atoms with Crippen molar-refractivity contribution in [1.82, 2.24) is 5.32 Å². The molecule has 7 rings (SSSR count). The molecule has 1 N–H and O–H groups in total. The quantitative estimate of drug-likeness (QED) is 0.731. The van der Waals surface area contributed by atoms with Gasteiger partial charge in [-0.2, -0.15) is 0 Å². The van der Waals surface area contributed by atoms with E-state index in [1.165, 1.54) is 57.9 Å². The maximum absolute atomic E-state index is 7.10. The van der Waals surface area contributed by atoms with E-state index in [0.717, 1.165) is 35.5 Å². The molecule has 1 aliphatic heterocycles. The van der Waals surface area contributed by atoms with E-state index in [1.807, 2.05) is 0 Å². The molecule has 110 valence electrons. The molecule has 7 aliphatic rings. The Kier molecular flexibility index (Phi) is 1.98. The second kappa shape index (κ2) is 3.46. The lowest BCUT2D eigenvalue weighted by Crippen LogP contribution is -2.60. The lowest BCUT2D eigenvalue weighted by Gasteiger charge is -2.59. The normalized spacial score (nSPS) is 66.0. The Morgan fingerprint density at radius 3 is 2.05 bits per heavy atom. The minimum Gasteiger partial charge on any atom is -0.352 e. The first-order valence-electron chi connectivity index (χ1n) is 9.21. The highest BCUT2D eigenvalue weighted by Crippen LogP contribution is 2.64. The molecule has 0 aromatic rings. The van der Waals surface area contributed by atoms with E-state index in [-0.39, 0.29) is 11.3 Å². The summed E-state index contributed by atoms with van der Waals surface area (Å²) in [6.07, 6.45) is 13.2. The monoisotopic (exact) mass is 273 g/mol. The average Bonchev–Trinajstić information content (AvgIpc) is 3.11. The van der Waals surface area contributed by atoms with E-state index in [2.05, 4.69) is 5.32 Å². The first-order valence-corrected chi connectivity index (χ1v) is 9.21. The lowest BCUT2D eigenvalue weighted by molar-refractivity contribution is -0.228. The Labute approximate surface area is 122 Å². The van der Waals surface area contributed by atoms with Gasteiger partial charge in [0.2, 0.25) is 0 Å². The van der Waals surface area contributed by atoms with Gasteiger partial charge >= 0.3 is 0 Å². The molecule has 0 amide bonds. The molecule has 7 fully saturated rings. The van der Waals surface area contributed by atoms with Gasteiger partial charge in [0.1, 0.15) is 5.72 Å². The zero-order valence-corrected chi connectivity index (χ0v) is 12.4. The van der Waals surface area contributed by atoms with Crippen molar-refractivity contribution in [1.29, 1.82) is 0 Å². The Morgan fingerprint density at radius 2 is 1.45 bits per heavy atom. The minimum absolute atomic E-state index is 0.123. The highest BCUT2D eigenvalue weighted by molar-refractivity contribution is 5.16. The molecule has 2 heteroatoms. The van der Waals surface area contributed by atoms with Crippen LogP contribution in [0.1, 0.15) is 57.8 Å². The summed E-state index contributed by atoms with van der Waals surface area (Å²) < 4.78 is 7.10. The molecule has 0 aromatic heterocycles. The number of fused-ring (bicyclic) bond motifs is 3. The molecule has 1 heterocycles. The number of hydrogen-bond donors (Lipinski definition) is 1. The number of rotatable bonds is 0. The molecule has 6 aliphatic carbocycles. The summed E-state index contributed by atoms with van der Waals surface area (Å²) in [5, 5.41) is 3.96. The predicted octanol–water partition coefficient (Wildman–Crippen LogP) is 3.32. The summed E-state index contributed by atoms with van der Waals surface area (Å²) in [6, 6.07) is 0. The molecule has 2 nitrogen and oxygen atoms in total. The average molecular weight is 273 g/mol. The molecule has 0 aromatic carbocycles. The van der Waals surface area contributed by atoms with Crippen LogP contribution in [-0.4, -0.2) is 17.9 Å². The van der Waals surface area contributed by atoms with Gasteiger partial charge in [0.05, 0.1) is 5.60 Å². The third kappa shape index (κ3) is 1.22. The summed E-state index contributed by atoms with van der Waals surface area (Å²) in [4.78, 5) is 0. The molecular formula is C18H27NO. The molecular weight excluding hydrogens is 246 g/mol. The Morgan fingerprint density at radius 1 is 0.750 bits per heavy atom. The van der Waals surface area contributed by atoms with Gasteiger partial charge in [-0.1, -0.05) is 0 Å². The zero-order valence-electron chi connectivity index (χ0n) is 12.4. The Balaban J connectivity index is 1.36. The molecule has 3 unspecified atom stereocenters. The van der Waals surface area contributed by atoms with E-state index in [0.29, 0.717) is 0 Å². The van der Waals surface area contributed by atoms with Crippen LogP contribution in [0.4, 0.5) is 0 Å². The predicted molar refractivity (Wildman–Crippen MR) is 77.0 cm³/mol. The minimum atomic E-state index is 0.123. The third-order valence-corrected chi connectivity index (χ3v) is 8.35. The summed E-state index contributed by atoms with van der Waals surface area (Å²) >= 11 is 0. The van der Waals surface area contributed by atoms with Crippen molar-refractivity contribution in [3.05, 3.63) is 0 Å². The van der Waals surface area contributed by atoms with Crippen LogP contribution in [-0.2, 0) is 4.74 Å². The fraction of sp³-hybridized carbons (Fsp3) is 1.00. The fourth-order valence-electron chi connectivity index (χ4n) is 7.76. The molecule has 0 radical (unpaired) electrons. The Bertz CT molecular complexity index is 432. The van der Waals surface area contributed by atoms with Crippen molar-refractivity contribution in [3.63, 3.8) is 0 Å². The van der Waals surface area contributed by atoms with Crippen molar-refractivity contribution in [2.75, 3.05) is 6.54 Å². The molecule has 3 atom stereocenters. The van der Waals surface area contributed by atoms with Crippen LogP contribution in [0.2, 0.25) is 0 Å². The summed E-state index contributed by atoms with van der Waals surface area (Å²) in [7, 11) is 0. The van der Waals surface area contributed by atoms with Crippen molar-refractivity contribution < 1.29 is 4.74 Å². The second-order valence-electron chi connectivity index (χ2n) is 9.18. The number of ether oxygens (including phenoxy) is 1. The van der Waals surface area contributed by atoms with E-state index in [1.54, 1.807) is 6.42 Å². The summed E-state index contributed by atoms with van der Waals surface area (Å²) in [6.45, 7) is 1.19. The number of nitrogens with one attached hydrogen (secondary N) is 1. The molecule has 6 saturated carbocycles. The van der Waals surface area contributed by atoms with Crippen molar-refractivity contribution >= 4 is 0 Å². The second-order valence-corrected chi connectivity index (χ2v) is 9.18. The van der Waals surface area contributed by atoms with Crippen molar-refractivity contribution in [2.24, 2.45) is 35.5 Å². The zero-order chi connectivity index (χ0) is 12.9. The van der Waals surface area contributed by atoms with E-state index in [9.17, 15) is 0 Å². The third-order valence-electron chi connectivity index (χ3n) is 8.35. The van der Waals surface area contributed by atoms with Crippen molar-refractivity contribution in [2.45, 2.75) is 69.1 Å². The maximum atomic E-state index is 7.10. The van der Waals surface area contributed by atoms with Crippen LogP contribution < -0.4 is 5.32 Å². The van der Waals surface area contributed by atoms with Crippen LogP contribution in [0.15, 0.2) is 0 Å². The molecule has 20 heavy (non-hydrogen) atoms. The lowest BCUT2D eigenvalue weighted by atomic mass is 9.50. The van der Waals surface area contributed by atoms with Gasteiger partial charge in [-0.3, -0.25) is 5.32 Å². The molecule has 1 saturated heterocycles. The van der Waals surface area contributed by atoms with Crippen LogP contribution >= 0.6 is 0 Å². The first-order chi connectivity index (χ1) is 9.76. The van der Waals surface area contributed by atoms with Gasteiger partial charge in [0.15, 0.2) is 0 Å². The van der Waals surface area contributed by atoms with Gasteiger partial charge in [-0.05, 0) is 87.4 Å². The summed E-state index contributed by atoms with van der Waals surface area (Å²) in [5.41, 5.74) is 0.385. The maximum Gasteiger partial charge on any atom is 0.123 e. The van der Waals surface area contributed by atoms with Gasteiger partial charge in [-0.15, -0.1) is 0 Å². The van der Waals surface area contributed by atoms with Crippen LogP contribution in [0.25, 0.3) is 0 Å².